The van der Waals surface area contributed by atoms with Gasteiger partial charge in [0, 0.05) is 22.7 Å². The maximum Gasteiger partial charge on any atom is 0.0590 e. The molecule has 1 aromatic rings. The van der Waals surface area contributed by atoms with Crippen LogP contribution in [0.4, 0.5) is 0 Å². The Balaban J connectivity index is 1.98. The third-order valence-corrected chi connectivity index (χ3v) is 4.45. The summed E-state index contributed by atoms with van der Waals surface area (Å²) in [7, 11) is 1.98. The molecule has 0 saturated carbocycles. The van der Waals surface area contributed by atoms with Crippen molar-refractivity contribution in [3.05, 3.63) is 33.8 Å². The van der Waals surface area contributed by atoms with Crippen LogP contribution >= 0.6 is 23.2 Å². The molecule has 1 aromatic carbocycles. The fraction of sp³-hybridized carbons (Fsp3) is 0.600. The Bertz CT molecular complexity index is 385. The summed E-state index contributed by atoms with van der Waals surface area (Å²) >= 11 is 12.5. The molecule has 0 radical (unpaired) electrons. The lowest BCUT2D eigenvalue weighted by Gasteiger charge is -2.27. The number of hydrogen-bond donors (Lipinski definition) is 1. The Morgan fingerprint density at radius 2 is 2.05 bits per heavy atom. The van der Waals surface area contributed by atoms with Gasteiger partial charge in [0.1, 0.15) is 0 Å². The first-order valence-corrected chi connectivity index (χ1v) is 7.68. The molecule has 0 bridgehead atoms. The van der Waals surface area contributed by atoms with Crippen molar-refractivity contribution in [2.75, 3.05) is 13.7 Å². The van der Waals surface area contributed by atoms with E-state index in [9.17, 15) is 0 Å². The summed E-state index contributed by atoms with van der Waals surface area (Å²) in [5.74, 6) is 0. The Kier molecular flexibility index (Phi) is 5.96. The minimum atomic E-state index is 0.348. The molecule has 0 spiro atoms. The molecular formula is C15H21Cl2NO. The third kappa shape index (κ3) is 4.35. The third-order valence-electron chi connectivity index (χ3n) is 3.74. The molecule has 0 aromatic heterocycles. The molecule has 106 valence electrons. The van der Waals surface area contributed by atoms with Crippen molar-refractivity contribution < 1.29 is 4.74 Å². The molecule has 1 aliphatic heterocycles. The fourth-order valence-electron chi connectivity index (χ4n) is 2.59. The van der Waals surface area contributed by atoms with E-state index < -0.39 is 0 Å². The monoisotopic (exact) mass is 301 g/mol. The number of nitrogens with one attached hydrogen (secondary N) is 1. The molecule has 0 aliphatic carbocycles. The van der Waals surface area contributed by atoms with Crippen LogP contribution in [0.2, 0.25) is 10.0 Å². The zero-order valence-electron chi connectivity index (χ0n) is 11.3. The summed E-state index contributed by atoms with van der Waals surface area (Å²) in [5.41, 5.74) is 1.03. The summed E-state index contributed by atoms with van der Waals surface area (Å²) in [5, 5.41) is 4.85. The molecule has 2 rings (SSSR count). The van der Waals surface area contributed by atoms with Gasteiger partial charge in [0.25, 0.3) is 0 Å². The van der Waals surface area contributed by atoms with Crippen LogP contribution in [0.1, 0.15) is 31.2 Å². The normalized spacial score (nSPS) is 21.3. The lowest BCUT2D eigenvalue weighted by molar-refractivity contribution is 0.00569. The highest BCUT2D eigenvalue weighted by Gasteiger charge is 2.20. The number of halogens is 2. The molecule has 2 atom stereocenters. The first-order chi connectivity index (χ1) is 9.20. The quantitative estimate of drug-likeness (QED) is 0.885. The molecule has 0 amide bonds. The van der Waals surface area contributed by atoms with Crippen LogP contribution in [-0.2, 0) is 11.2 Å². The van der Waals surface area contributed by atoms with E-state index >= 15 is 0 Å². The van der Waals surface area contributed by atoms with Gasteiger partial charge in [-0.3, -0.25) is 0 Å². The summed E-state index contributed by atoms with van der Waals surface area (Å²) in [6, 6.07) is 6.02. The highest BCUT2D eigenvalue weighted by molar-refractivity contribution is 6.35. The molecule has 1 heterocycles. The Morgan fingerprint density at radius 1 is 1.32 bits per heavy atom. The highest BCUT2D eigenvalue weighted by Crippen LogP contribution is 2.27. The topological polar surface area (TPSA) is 21.3 Å². The summed E-state index contributed by atoms with van der Waals surface area (Å²) < 4.78 is 5.80. The minimum absolute atomic E-state index is 0.348. The first kappa shape index (κ1) is 15.1. The van der Waals surface area contributed by atoms with Crippen LogP contribution < -0.4 is 5.32 Å². The molecule has 1 N–H and O–H groups in total. The molecule has 1 fully saturated rings. The molecule has 2 nitrogen and oxygen atoms in total. The van der Waals surface area contributed by atoms with Crippen LogP contribution in [0.25, 0.3) is 0 Å². The molecule has 19 heavy (non-hydrogen) atoms. The molecular weight excluding hydrogens is 281 g/mol. The van der Waals surface area contributed by atoms with Crippen molar-refractivity contribution in [1.29, 1.82) is 0 Å². The lowest BCUT2D eigenvalue weighted by atomic mass is 9.97. The smallest absolute Gasteiger partial charge is 0.0590 e. The van der Waals surface area contributed by atoms with E-state index in [2.05, 4.69) is 5.32 Å². The fourth-order valence-corrected chi connectivity index (χ4v) is 3.14. The summed E-state index contributed by atoms with van der Waals surface area (Å²) in [4.78, 5) is 0. The van der Waals surface area contributed by atoms with Crippen LogP contribution in [0.15, 0.2) is 18.2 Å². The van der Waals surface area contributed by atoms with E-state index in [0.29, 0.717) is 12.1 Å². The molecule has 1 aliphatic rings. The van der Waals surface area contributed by atoms with E-state index in [0.717, 1.165) is 41.5 Å². The standard InChI is InChI=1S/C15H21Cl2NO/c1-18-11(9-12-5-2-3-8-19-12)10-13-14(16)6-4-7-15(13)17/h4,6-7,11-12,18H,2-3,5,8-10H2,1H3. The number of hydrogen-bond acceptors (Lipinski definition) is 2. The van der Waals surface area contributed by atoms with Gasteiger partial charge in [-0.1, -0.05) is 29.3 Å². The average Bonchev–Trinajstić information content (AvgIpc) is 2.43. The van der Waals surface area contributed by atoms with Gasteiger partial charge in [0.15, 0.2) is 0 Å². The Morgan fingerprint density at radius 3 is 2.63 bits per heavy atom. The zero-order valence-corrected chi connectivity index (χ0v) is 12.8. The SMILES string of the molecule is CNC(Cc1c(Cl)cccc1Cl)CC1CCCCO1. The molecule has 2 unspecified atom stereocenters. The van der Waals surface area contributed by atoms with E-state index in [4.69, 9.17) is 27.9 Å². The second kappa shape index (κ2) is 7.49. The zero-order chi connectivity index (χ0) is 13.7. The average molecular weight is 302 g/mol. The van der Waals surface area contributed by atoms with Crippen molar-refractivity contribution in [3.8, 4) is 0 Å². The second-order valence-electron chi connectivity index (χ2n) is 5.11. The van der Waals surface area contributed by atoms with Gasteiger partial charge >= 0.3 is 0 Å². The van der Waals surface area contributed by atoms with Gasteiger partial charge in [0.2, 0.25) is 0 Å². The van der Waals surface area contributed by atoms with Crippen LogP contribution in [-0.4, -0.2) is 25.8 Å². The number of ether oxygens (including phenoxy) is 1. The van der Waals surface area contributed by atoms with Gasteiger partial charge in [-0.2, -0.15) is 0 Å². The van der Waals surface area contributed by atoms with E-state index in [1.54, 1.807) is 0 Å². The molecule has 4 heteroatoms. The van der Waals surface area contributed by atoms with Crippen molar-refractivity contribution in [3.63, 3.8) is 0 Å². The minimum Gasteiger partial charge on any atom is -0.378 e. The number of benzene rings is 1. The van der Waals surface area contributed by atoms with Crippen LogP contribution in [0, 0.1) is 0 Å². The van der Waals surface area contributed by atoms with Crippen molar-refractivity contribution >= 4 is 23.2 Å². The van der Waals surface area contributed by atoms with Crippen LogP contribution in [0.5, 0.6) is 0 Å². The van der Waals surface area contributed by atoms with Gasteiger partial charge in [0.05, 0.1) is 6.10 Å². The second-order valence-corrected chi connectivity index (χ2v) is 5.93. The lowest BCUT2D eigenvalue weighted by Crippen LogP contribution is -2.34. The highest BCUT2D eigenvalue weighted by atomic mass is 35.5. The van der Waals surface area contributed by atoms with Crippen molar-refractivity contribution in [1.82, 2.24) is 5.32 Å². The van der Waals surface area contributed by atoms with Gasteiger partial charge in [-0.05, 0) is 56.8 Å². The van der Waals surface area contributed by atoms with Gasteiger partial charge in [-0.25, -0.2) is 0 Å². The first-order valence-electron chi connectivity index (χ1n) is 6.92. The van der Waals surface area contributed by atoms with Gasteiger partial charge in [-0.15, -0.1) is 0 Å². The largest absolute Gasteiger partial charge is 0.378 e. The van der Waals surface area contributed by atoms with Gasteiger partial charge < -0.3 is 10.1 Å². The summed E-state index contributed by atoms with van der Waals surface area (Å²) in [6.07, 6.45) is 5.85. The maximum atomic E-state index is 6.23. The van der Waals surface area contributed by atoms with E-state index in [-0.39, 0.29) is 0 Å². The maximum absolute atomic E-state index is 6.23. The van der Waals surface area contributed by atoms with E-state index in [1.165, 1.54) is 12.8 Å². The number of rotatable bonds is 5. The summed E-state index contributed by atoms with van der Waals surface area (Å²) in [6.45, 7) is 0.897. The van der Waals surface area contributed by atoms with E-state index in [1.807, 2.05) is 25.2 Å². The van der Waals surface area contributed by atoms with Crippen molar-refractivity contribution in [2.45, 2.75) is 44.2 Å². The number of likely N-dealkylation sites (N-methyl/N-ethyl adjacent to an activating group) is 1. The van der Waals surface area contributed by atoms with Crippen LogP contribution in [0.3, 0.4) is 0 Å². The Hall–Kier alpha value is -0.280. The van der Waals surface area contributed by atoms with Crippen molar-refractivity contribution in [2.24, 2.45) is 0 Å². The Labute approximate surface area is 125 Å². The molecule has 1 saturated heterocycles. The predicted molar refractivity (Wildman–Crippen MR) is 81.2 cm³/mol. The predicted octanol–water partition coefficient (Wildman–Crippen LogP) is 4.08.